The Bertz CT molecular complexity index is 1100. The van der Waals surface area contributed by atoms with Gasteiger partial charge in [0.15, 0.2) is 11.6 Å². The third-order valence-electron chi connectivity index (χ3n) is 5.34. The van der Waals surface area contributed by atoms with E-state index in [0.717, 1.165) is 17.3 Å². The van der Waals surface area contributed by atoms with Crippen LogP contribution < -0.4 is 5.32 Å². The van der Waals surface area contributed by atoms with Crippen LogP contribution in [0.15, 0.2) is 54.9 Å². The predicted molar refractivity (Wildman–Crippen MR) is 107 cm³/mol. The minimum atomic E-state index is -1.19. The Labute approximate surface area is 176 Å². The van der Waals surface area contributed by atoms with Gasteiger partial charge < -0.3 is 20.3 Å². The number of carboxylic acids is 1. The highest BCUT2D eigenvalue weighted by Gasteiger charge is 2.37. The maximum Gasteiger partial charge on any atom is 0.326 e. The van der Waals surface area contributed by atoms with Gasteiger partial charge in [-0.05, 0) is 11.6 Å². The Kier molecular flexibility index (Phi) is 5.66. The summed E-state index contributed by atoms with van der Waals surface area (Å²) in [4.78, 5) is 33.4. The Morgan fingerprint density at radius 2 is 1.97 bits per heavy atom. The molecule has 2 aromatic carbocycles. The molecule has 1 aromatic heterocycles. The Hall–Kier alpha value is -3.75. The summed E-state index contributed by atoms with van der Waals surface area (Å²) in [6.45, 7) is 0.180. The zero-order chi connectivity index (χ0) is 22.0. The Morgan fingerprint density at radius 1 is 1.19 bits per heavy atom. The molecule has 31 heavy (non-hydrogen) atoms. The van der Waals surface area contributed by atoms with Gasteiger partial charge in [0.25, 0.3) is 0 Å². The van der Waals surface area contributed by atoms with Gasteiger partial charge in [0, 0.05) is 30.6 Å². The van der Waals surface area contributed by atoms with Crippen LogP contribution in [0.25, 0.3) is 0 Å². The molecule has 0 spiro atoms. The van der Waals surface area contributed by atoms with E-state index in [1.165, 1.54) is 23.4 Å². The highest BCUT2D eigenvalue weighted by Crippen LogP contribution is 2.35. The number of carbonyl (C=O) groups excluding carboxylic acids is 1. The lowest BCUT2D eigenvalue weighted by atomic mass is 9.95. The molecular formula is C22H20F2N4O3. The fourth-order valence-electron chi connectivity index (χ4n) is 3.82. The number of aromatic amines is 1. The number of carboxylic acid groups (broad SMARTS) is 1. The van der Waals surface area contributed by atoms with Crippen LogP contribution in [0, 0.1) is 11.6 Å². The largest absolute Gasteiger partial charge is 0.480 e. The number of aromatic nitrogens is 2. The molecule has 3 aromatic rings. The van der Waals surface area contributed by atoms with E-state index in [-0.39, 0.29) is 18.5 Å². The average Bonchev–Trinajstić information content (AvgIpc) is 3.24. The first-order valence-electron chi connectivity index (χ1n) is 9.75. The molecule has 3 N–H and O–H groups in total. The average molecular weight is 426 g/mol. The molecule has 2 heterocycles. The van der Waals surface area contributed by atoms with Crippen molar-refractivity contribution in [3.05, 3.63) is 89.0 Å². The summed E-state index contributed by atoms with van der Waals surface area (Å²) < 4.78 is 28.6. The van der Waals surface area contributed by atoms with Crippen LogP contribution in [0.3, 0.4) is 0 Å². The molecule has 1 aliphatic heterocycles. The molecule has 2 atom stereocenters. The number of rotatable bonds is 5. The van der Waals surface area contributed by atoms with Crippen molar-refractivity contribution in [3.63, 3.8) is 0 Å². The Morgan fingerprint density at radius 3 is 2.71 bits per heavy atom. The minimum absolute atomic E-state index is 0.0434. The molecule has 0 saturated heterocycles. The smallest absolute Gasteiger partial charge is 0.326 e. The van der Waals surface area contributed by atoms with Crippen LogP contribution in [-0.2, 0) is 17.6 Å². The van der Waals surface area contributed by atoms with Crippen molar-refractivity contribution >= 4 is 12.0 Å². The second kappa shape index (κ2) is 8.55. The van der Waals surface area contributed by atoms with Gasteiger partial charge in [-0.15, -0.1) is 0 Å². The first-order valence-corrected chi connectivity index (χ1v) is 9.75. The van der Waals surface area contributed by atoms with Gasteiger partial charge in [-0.2, -0.15) is 0 Å². The number of halogens is 2. The fourth-order valence-corrected chi connectivity index (χ4v) is 3.82. The number of amides is 2. The lowest BCUT2D eigenvalue weighted by Gasteiger charge is -2.36. The van der Waals surface area contributed by atoms with Gasteiger partial charge in [0.05, 0.1) is 12.0 Å². The van der Waals surface area contributed by atoms with E-state index in [4.69, 9.17) is 0 Å². The molecule has 7 nitrogen and oxygen atoms in total. The molecule has 2 unspecified atom stereocenters. The standard InChI is InChI=1S/C22H20F2N4O3/c23-15-8-4-7-14(18(15)24)20-19-16(25-12-26-19)9-10-28(20)22(31)27-17(21(29)30)11-13-5-2-1-3-6-13/h1-8,12,17,20H,9-11H2,(H,25,26)(H,27,31)(H,29,30). The molecule has 0 radical (unpaired) electrons. The van der Waals surface area contributed by atoms with Crippen molar-refractivity contribution in [2.45, 2.75) is 24.9 Å². The quantitative estimate of drug-likeness (QED) is 0.584. The first-order chi connectivity index (χ1) is 15.0. The van der Waals surface area contributed by atoms with Crippen LogP contribution in [0.5, 0.6) is 0 Å². The highest BCUT2D eigenvalue weighted by atomic mass is 19.2. The molecule has 4 rings (SSSR count). The molecule has 0 saturated carbocycles. The summed E-state index contributed by atoms with van der Waals surface area (Å²) in [5, 5.41) is 12.1. The summed E-state index contributed by atoms with van der Waals surface area (Å²) in [5.74, 6) is -3.30. The third kappa shape index (κ3) is 4.11. The lowest BCUT2D eigenvalue weighted by molar-refractivity contribution is -0.139. The van der Waals surface area contributed by atoms with Crippen LogP contribution in [-0.4, -0.2) is 44.6 Å². The van der Waals surface area contributed by atoms with Crippen LogP contribution >= 0.6 is 0 Å². The van der Waals surface area contributed by atoms with E-state index in [9.17, 15) is 23.5 Å². The van der Waals surface area contributed by atoms with Crippen molar-refractivity contribution < 1.29 is 23.5 Å². The first kappa shape index (κ1) is 20.5. The van der Waals surface area contributed by atoms with Gasteiger partial charge >= 0.3 is 12.0 Å². The lowest BCUT2D eigenvalue weighted by Crippen LogP contribution is -2.52. The maximum absolute atomic E-state index is 14.6. The molecule has 0 bridgehead atoms. The van der Waals surface area contributed by atoms with Gasteiger partial charge in [-0.3, -0.25) is 0 Å². The number of imidazole rings is 1. The number of fused-ring (bicyclic) bond motifs is 1. The number of carbonyl (C=O) groups is 2. The van der Waals surface area contributed by atoms with Crippen LogP contribution in [0.4, 0.5) is 13.6 Å². The van der Waals surface area contributed by atoms with Crippen molar-refractivity contribution in [1.82, 2.24) is 20.2 Å². The van der Waals surface area contributed by atoms with Gasteiger partial charge in [-0.1, -0.05) is 42.5 Å². The van der Waals surface area contributed by atoms with E-state index < -0.39 is 35.7 Å². The molecule has 0 fully saturated rings. The predicted octanol–water partition coefficient (Wildman–Crippen LogP) is 3.04. The molecular weight excluding hydrogens is 406 g/mol. The summed E-state index contributed by atoms with van der Waals surface area (Å²) in [6.07, 6.45) is 1.95. The zero-order valence-electron chi connectivity index (χ0n) is 16.4. The molecule has 1 aliphatic rings. The van der Waals surface area contributed by atoms with Crippen LogP contribution in [0.1, 0.15) is 28.6 Å². The molecule has 160 valence electrons. The molecule has 0 aliphatic carbocycles. The second-order valence-electron chi connectivity index (χ2n) is 7.29. The van der Waals surface area contributed by atoms with Crippen LogP contribution in [0.2, 0.25) is 0 Å². The number of nitrogens with zero attached hydrogens (tertiary/aromatic N) is 2. The number of nitrogens with one attached hydrogen (secondary N) is 2. The maximum atomic E-state index is 14.6. The van der Waals surface area contributed by atoms with E-state index in [0.29, 0.717) is 12.1 Å². The number of urea groups is 1. The Balaban J connectivity index is 1.64. The highest BCUT2D eigenvalue weighted by molar-refractivity contribution is 5.83. The van der Waals surface area contributed by atoms with Crippen molar-refractivity contribution in [2.75, 3.05) is 6.54 Å². The fraction of sp³-hybridized carbons (Fsp3) is 0.227. The van der Waals surface area contributed by atoms with E-state index in [1.807, 2.05) is 6.07 Å². The number of hydrogen-bond donors (Lipinski definition) is 3. The van der Waals surface area contributed by atoms with Gasteiger partial charge in [0.1, 0.15) is 12.1 Å². The summed E-state index contributed by atoms with van der Waals surface area (Å²) in [5.41, 5.74) is 1.83. The van der Waals surface area contributed by atoms with E-state index >= 15 is 0 Å². The second-order valence-corrected chi connectivity index (χ2v) is 7.29. The SMILES string of the molecule is O=C(O)C(Cc1ccccc1)NC(=O)N1CCc2[nH]cnc2C1c1cccc(F)c1F. The topological polar surface area (TPSA) is 98.3 Å². The zero-order valence-corrected chi connectivity index (χ0v) is 16.4. The normalized spacial score (nSPS) is 16.5. The van der Waals surface area contributed by atoms with Crippen molar-refractivity contribution in [2.24, 2.45) is 0 Å². The van der Waals surface area contributed by atoms with E-state index in [2.05, 4.69) is 15.3 Å². The van der Waals surface area contributed by atoms with E-state index in [1.54, 1.807) is 24.3 Å². The number of H-pyrrole nitrogens is 1. The minimum Gasteiger partial charge on any atom is -0.480 e. The monoisotopic (exact) mass is 426 g/mol. The van der Waals surface area contributed by atoms with Gasteiger partial charge in [0.2, 0.25) is 0 Å². The molecule has 9 heteroatoms. The van der Waals surface area contributed by atoms with Crippen molar-refractivity contribution in [3.8, 4) is 0 Å². The molecule has 2 amide bonds. The third-order valence-corrected chi connectivity index (χ3v) is 5.34. The number of hydrogen-bond acceptors (Lipinski definition) is 3. The number of benzene rings is 2. The summed E-state index contributed by atoms with van der Waals surface area (Å²) in [7, 11) is 0. The summed E-state index contributed by atoms with van der Waals surface area (Å²) in [6, 6.07) is 9.80. The van der Waals surface area contributed by atoms with Crippen molar-refractivity contribution in [1.29, 1.82) is 0 Å². The number of aliphatic carboxylic acids is 1. The van der Waals surface area contributed by atoms with Gasteiger partial charge in [-0.25, -0.2) is 23.4 Å². The summed E-state index contributed by atoms with van der Waals surface area (Å²) >= 11 is 0.